The smallest absolute Gasteiger partial charge is 0.273 e. The summed E-state index contributed by atoms with van der Waals surface area (Å²) in [6, 6.07) is 11.0. The van der Waals surface area contributed by atoms with Crippen LogP contribution in [0, 0.1) is 17.0 Å². The molecule has 8 heteroatoms. The fourth-order valence-electron chi connectivity index (χ4n) is 3.48. The van der Waals surface area contributed by atoms with Crippen LogP contribution in [-0.4, -0.2) is 29.4 Å². The third kappa shape index (κ3) is 5.79. The molecule has 0 aliphatic heterocycles. The second-order valence-electron chi connectivity index (χ2n) is 7.43. The van der Waals surface area contributed by atoms with E-state index in [-0.39, 0.29) is 30.0 Å². The Morgan fingerprint density at radius 2 is 1.90 bits per heavy atom. The van der Waals surface area contributed by atoms with Crippen molar-refractivity contribution in [3.05, 3.63) is 63.7 Å². The number of hydrogen-bond donors (Lipinski definition) is 2. The Kier molecular flexibility index (Phi) is 7.00. The molecule has 158 valence electrons. The van der Waals surface area contributed by atoms with Crippen LogP contribution < -0.4 is 15.4 Å². The van der Waals surface area contributed by atoms with Crippen molar-refractivity contribution in [3.63, 3.8) is 0 Å². The summed E-state index contributed by atoms with van der Waals surface area (Å²) < 4.78 is 5.34. The zero-order valence-electron chi connectivity index (χ0n) is 16.8. The number of rotatable bonds is 7. The van der Waals surface area contributed by atoms with E-state index in [1.54, 1.807) is 24.3 Å². The van der Waals surface area contributed by atoms with Crippen LogP contribution in [-0.2, 0) is 4.79 Å². The summed E-state index contributed by atoms with van der Waals surface area (Å²) in [7, 11) is 0. The van der Waals surface area contributed by atoms with Crippen LogP contribution in [0.3, 0.4) is 0 Å². The van der Waals surface area contributed by atoms with E-state index in [9.17, 15) is 19.7 Å². The first-order valence-corrected chi connectivity index (χ1v) is 10.0. The number of benzene rings is 2. The highest BCUT2D eigenvalue weighted by atomic mass is 16.6. The average Bonchev–Trinajstić information content (AvgIpc) is 2.74. The minimum Gasteiger partial charge on any atom is -0.484 e. The fourth-order valence-corrected chi connectivity index (χ4v) is 3.48. The van der Waals surface area contributed by atoms with E-state index in [1.807, 2.05) is 6.92 Å². The molecule has 0 bridgehead atoms. The van der Waals surface area contributed by atoms with E-state index in [1.165, 1.54) is 24.6 Å². The van der Waals surface area contributed by atoms with Gasteiger partial charge in [0.15, 0.2) is 6.61 Å². The first-order valence-electron chi connectivity index (χ1n) is 10.0. The second-order valence-corrected chi connectivity index (χ2v) is 7.43. The Hall–Kier alpha value is -3.42. The highest BCUT2D eigenvalue weighted by Crippen LogP contribution is 2.21. The predicted octanol–water partition coefficient (Wildman–Crippen LogP) is 3.98. The number of nitrogens with one attached hydrogen (secondary N) is 2. The maximum atomic E-state index is 12.5. The zero-order chi connectivity index (χ0) is 21.5. The van der Waals surface area contributed by atoms with Crippen LogP contribution in [0.25, 0.3) is 0 Å². The van der Waals surface area contributed by atoms with Gasteiger partial charge in [0.1, 0.15) is 5.75 Å². The second kappa shape index (κ2) is 9.87. The van der Waals surface area contributed by atoms with Crippen molar-refractivity contribution >= 4 is 23.2 Å². The molecule has 3 rings (SSSR count). The minimum absolute atomic E-state index is 0.100. The van der Waals surface area contributed by atoms with Gasteiger partial charge in [0.05, 0.1) is 11.0 Å². The summed E-state index contributed by atoms with van der Waals surface area (Å²) >= 11 is 0. The van der Waals surface area contributed by atoms with E-state index >= 15 is 0 Å². The standard InChI is InChI=1S/C22H25N3O5/c1-15-12-16(22(27)23-17-6-3-2-4-7-17)10-11-20(15)24-21(26)14-30-19-9-5-8-18(13-19)25(28)29/h5,8-13,17H,2-4,6-7,14H2,1H3,(H,23,27)(H,24,26). The van der Waals surface area contributed by atoms with E-state index in [0.29, 0.717) is 11.3 Å². The van der Waals surface area contributed by atoms with Crippen LogP contribution >= 0.6 is 0 Å². The number of carbonyl (C=O) groups is 2. The van der Waals surface area contributed by atoms with Crippen LogP contribution in [0.4, 0.5) is 11.4 Å². The SMILES string of the molecule is Cc1cc(C(=O)NC2CCCCC2)ccc1NC(=O)COc1cccc([N+](=O)[O-])c1. The van der Waals surface area contributed by atoms with Gasteiger partial charge in [0, 0.05) is 23.4 Å². The number of non-ortho nitro benzene ring substituents is 1. The number of nitrogens with zero attached hydrogens (tertiary/aromatic N) is 1. The van der Waals surface area contributed by atoms with Gasteiger partial charge in [0.2, 0.25) is 0 Å². The normalized spacial score (nSPS) is 14.0. The Bertz CT molecular complexity index is 938. The third-order valence-corrected chi connectivity index (χ3v) is 5.10. The molecule has 1 saturated carbocycles. The Morgan fingerprint density at radius 1 is 1.13 bits per heavy atom. The largest absolute Gasteiger partial charge is 0.484 e. The summed E-state index contributed by atoms with van der Waals surface area (Å²) in [5, 5.41) is 16.6. The highest BCUT2D eigenvalue weighted by Gasteiger charge is 2.17. The molecule has 1 fully saturated rings. The molecule has 0 radical (unpaired) electrons. The van der Waals surface area contributed by atoms with Crippen molar-refractivity contribution in [1.82, 2.24) is 5.32 Å². The lowest BCUT2D eigenvalue weighted by atomic mass is 9.95. The number of hydrogen-bond acceptors (Lipinski definition) is 5. The summed E-state index contributed by atoms with van der Waals surface area (Å²) in [5.74, 6) is -0.258. The monoisotopic (exact) mass is 411 g/mol. The van der Waals surface area contributed by atoms with Gasteiger partial charge in [0.25, 0.3) is 17.5 Å². The quantitative estimate of drug-likeness (QED) is 0.529. The van der Waals surface area contributed by atoms with Gasteiger partial charge in [-0.25, -0.2) is 0 Å². The Labute approximate surface area is 174 Å². The minimum atomic E-state index is -0.526. The zero-order valence-corrected chi connectivity index (χ0v) is 16.8. The molecule has 2 aromatic carbocycles. The lowest BCUT2D eigenvalue weighted by molar-refractivity contribution is -0.384. The maximum Gasteiger partial charge on any atom is 0.273 e. The van der Waals surface area contributed by atoms with Gasteiger partial charge >= 0.3 is 0 Å². The lowest BCUT2D eigenvalue weighted by Gasteiger charge is -2.23. The summed E-state index contributed by atoms with van der Waals surface area (Å²) in [5.41, 5.74) is 1.79. The lowest BCUT2D eigenvalue weighted by Crippen LogP contribution is -2.36. The van der Waals surface area contributed by atoms with Gasteiger partial charge in [-0.3, -0.25) is 19.7 Å². The number of aryl methyl sites for hydroxylation is 1. The molecule has 2 N–H and O–H groups in total. The van der Waals surface area contributed by atoms with Crippen LogP contribution in [0.15, 0.2) is 42.5 Å². The van der Waals surface area contributed by atoms with E-state index in [0.717, 1.165) is 31.2 Å². The molecule has 8 nitrogen and oxygen atoms in total. The molecule has 30 heavy (non-hydrogen) atoms. The molecule has 1 aliphatic carbocycles. The van der Waals surface area contributed by atoms with Crippen LogP contribution in [0.1, 0.15) is 48.0 Å². The number of carbonyl (C=O) groups excluding carboxylic acids is 2. The fraction of sp³-hybridized carbons (Fsp3) is 0.364. The molecule has 0 unspecified atom stereocenters. The van der Waals surface area contributed by atoms with Gasteiger partial charge in [-0.2, -0.15) is 0 Å². The van der Waals surface area contributed by atoms with Gasteiger partial charge in [-0.05, 0) is 49.6 Å². The van der Waals surface area contributed by atoms with Crippen molar-refractivity contribution < 1.29 is 19.2 Å². The molecule has 2 aromatic rings. The summed E-state index contributed by atoms with van der Waals surface area (Å²) in [6.45, 7) is 1.53. The number of nitro groups is 1. The van der Waals surface area contributed by atoms with Crippen molar-refractivity contribution in [3.8, 4) is 5.75 Å². The van der Waals surface area contributed by atoms with Crippen LogP contribution in [0.2, 0.25) is 0 Å². The van der Waals surface area contributed by atoms with Crippen molar-refractivity contribution in [1.29, 1.82) is 0 Å². The van der Waals surface area contributed by atoms with Crippen molar-refractivity contribution in [2.75, 3.05) is 11.9 Å². The van der Waals surface area contributed by atoms with E-state index in [2.05, 4.69) is 10.6 Å². The Balaban J connectivity index is 1.54. The van der Waals surface area contributed by atoms with Crippen molar-refractivity contribution in [2.24, 2.45) is 0 Å². The third-order valence-electron chi connectivity index (χ3n) is 5.10. The first-order chi connectivity index (χ1) is 14.4. The molecule has 0 heterocycles. The maximum absolute atomic E-state index is 12.5. The molecule has 0 atom stereocenters. The topological polar surface area (TPSA) is 111 Å². The number of amides is 2. The predicted molar refractivity (Wildman–Crippen MR) is 113 cm³/mol. The van der Waals surface area contributed by atoms with E-state index < -0.39 is 10.8 Å². The molecular weight excluding hydrogens is 386 g/mol. The first kappa shape index (κ1) is 21.3. The molecule has 1 aliphatic rings. The van der Waals surface area contributed by atoms with Crippen LogP contribution in [0.5, 0.6) is 5.75 Å². The molecule has 0 spiro atoms. The molecular formula is C22H25N3O5. The number of anilines is 1. The van der Waals surface area contributed by atoms with E-state index in [4.69, 9.17) is 4.74 Å². The highest BCUT2D eigenvalue weighted by molar-refractivity contribution is 5.97. The number of ether oxygens (including phenoxy) is 1. The van der Waals surface area contributed by atoms with Gasteiger partial charge < -0.3 is 15.4 Å². The number of nitro benzene ring substituents is 1. The summed E-state index contributed by atoms with van der Waals surface area (Å²) in [6.07, 6.45) is 5.55. The Morgan fingerprint density at radius 3 is 2.60 bits per heavy atom. The van der Waals surface area contributed by atoms with Gasteiger partial charge in [-0.15, -0.1) is 0 Å². The summed E-state index contributed by atoms with van der Waals surface area (Å²) in [4.78, 5) is 34.9. The van der Waals surface area contributed by atoms with Gasteiger partial charge in [-0.1, -0.05) is 25.3 Å². The average molecular weight is 411 g/mol. The molecule has 0 aromatic heterocycles. The molecule has 2 amide bonds. The van der Waals surface area contributed by atoms with Crippen molar-refractivity contribution in [2.45, 2.75) is 45.1 Å². The molecule has 0 saturated heterocycles.